The van der Waals surface area contributed by atoms with Gasteiger partial charge in [0, 0.05) is 6.54 Å². The van der Waals surface area contributed by atoms with Crippen LogP contribution in [0.15, 0.2) is 18.2 Å². The van der Waals surface area contributed by atoms with E-state index in [1.807, 2.05) is 18.2 Å². The van der Waals surface area contributed by atoms with Crippen LogP contribution in [0, 0.1) is 5.92 Å². The lowest BCUT2D eigenvalue weighted by atomic mass is 9.84. The summed E-state index contributed by atoms with van der Waals surface area (Å²) in [5.41, 5.74) is 8.60. The number of hydrogen-bond donors (Lipinski definition) is 1. The maximum Gasteiger partial charge on any atom is 0.127 e. The van der Waals surface area contributed by atoms with Crippen molar-refractivity contribution in [2.24, 2.45) is 11.7 Å². The largest absolute Gasteiger partial charge is 0.325 e. The second kappa shape index (κ2) is 6.37. The molecule has 0 radical (unpaired) electrons. The van der Waals surface area contributed by atoms with Crippen LogP contribution in [-0.2, 0) is 6.54 Å². The number of fused-ring (bicyclic) bond motifs is 1. The fourth-order valence-electron chi connectivity index (χ4n) is 3.57. The molecular weight excluding hydrogens is 282 g/mol. The van der Waals surface area contributed by atoms with Gasteiger partial charge >= 0.3 is 0 Å². The Morgan fingerprint density at radius 2 is 2.10 bits per heavy atom. The van der Waals surface area contributed by atoms with Crippen molar-refractivity contribution in [3.63, 3.8) is 0 Å². The number of imidazole rings is 1. The van der Waals surface area contributed by atoms with Crippen molar-refractivity contribution in [2.45, 2.75) is 58.0 Å². The second-order valence-corrected chi connectivity index (χ2v) is 6.56. The highest BCUT2D eigenvalue weighted by Crippen LogP contribution is 2.35. The molecule has 0 amide bonds. The van der Waals surface area contributed by atoms with Crippen molar-refractivity contribution in [1.82, 2.24) is 9.55 Å². The van der Waals surface area contributed by atoms with Gasteiger partial charge in [0.05, 0.1) is 22.1 Å². The molecule has 3 rings (SSSR count). The molecule has 1 atom stereocenters. The fraction of sp³-hybridized carbons (Fsp3) is 0.588. The van der Waals surface area contributed by atoms with Crippen LogP contribution in [-0.4, -0.2) is 9.55 Å². The Morgan fingerprint density at radius 3 is 2.81 bits per heavy atom. The van der Waals surface area contributed by atoms with Gasteiger partial charge in [0.25, 0.3) is 0 Å². The molecule has 1 heterocycles. The normalized spacial score (nSPS) is 18.2. The first-order valence-electron chi connectivity index (χ1n) is 8.12. The molecule has 21 heavy (non-hydrogen) atoms. The monoisotopic (exact) mass is 305 g/mol. The maximum atomic E-state index is 6.59. The lowest BCUT2D eigenvalue weighted by Gasteiger charge is -2.27. The first-order valence-corrected chi connectivity index (χ1v) is 8.50. The minimum absolute atomic E-state index is 0.0281. The molecule has 4 heteroatoms. The zero-order valence-corrected chi connectivity index (χ0v) is 13.4. The summed E-state index contributed by atoms with van der Waals surface area (Å²) in [7, 11) is 0. The molecule has 1 aromatic carbocycles. The molecule has 1 saturated carbocycles. The molecular formula is C17H24ClN3. The minimum Gasteiger partial charge on any atom is -0.325 e. The lowest BCUT2D eigenvalue weighted by molar-refractivity contribution is 0.296. The average Bonchev–Trinajstić information content (AvgIpc) is 2.88. The van der Waals surface area contributed by atoms with Crippen LogP contribution < -0.4 is 5.73 Å². The van der Waals surface area contributed by atoms with Gasteiger partial charge in [0.1, 0.15) is 5.82 Å². The van der Waals surface area contributed by atoms with Crippen molar-refractivity contribution in [2.75, 3.05) is 0 Å². The van der Waals surface area contributed by atoms with Crippen molar-refractivity contribution < 1.29 is 0 Å². The van der Waals surface area contributed by atoms with E-state index in [4.69, 9.17) is 22.3 Å². The first-order chi connectivity index (χ1) is 10.2. The van der Waals surface area contributed by atoms with E-state index in [0.29, 0.717) is 5.92 Å². The summed E-state index contributed by atoms with van der Waals surface area (Å²) in [5.74, 6) is 1.58. The highest BCUT2D eigenvalue weighted by atomic mass is 35.5. The predicted octanol–water partition coefficient (Wildman–Crippen LogP) is 4.68. The van der Waals surface area contributed by atoms with Gasteiger partial charge in [-0.05, 0) is 37.3 Å². The quantitative estimate of drug-likeness (QED) is 0.891. The molecule has 1 aliphatic rings. The highest BCUT2D eigenvalue weighted by molar-refractivity contribution is 6.35. The summed E-state index contributed by atoms with van der Waals surface area (Å²) in [5, 5.41) is 0.774. The lowest BCUT2D eigenvalue weighted by Crippen LogP contribution is -2.26. The summed E-state index contributed by atoms with van der Waals surface area (Å²) >= 11 is 6.40. The summed E-state index contributed by atoms with van der Waals surface area (Å²) < 4.78 is 2.25. The Hall–Kier alpha value is -1.06. The smallest absolute Gasteiger partial charge is 0.127 e. The molecule has 1 unspecified atom stereocenters. The number of benzene rings is 1. The Kier molecular flexibility index (Phi) is 4.51. The van der Waals surface area contributed by atoms with E-state index in [1.165, 1.54) is 32.1 Å². The van der Waals surface area contributed by atoms with Crippen LogP contribution in [0.5, 0.6) is 0 Å². The van der Waals surface area contributed by atoms with Gasteiger partial charge in [-0.3, -0.25) is 0 Å². The van der Waals surface area contributed by atoms with Crippen molar-refractivity contribution in [1.29, 1.82) is 0 Å². The summed E-state index contributed by atoms with van der Waals surface area (Å²) in [6, 6.07) is 5.96. The van der Waals surface area contributed by atoms with Crippen molar-refractivity contribution in [3.05, 3.63) is 29.0 Å². The van der Waals surface area contributed by atoms with E-state index < -0.39 is 0 Å². The number of aromatic nitrogens is 2. The highest BCUT2D eigenvalue weighted by Gasteiger charge is 2.26. The first kappa shape index (κ1) is 14.9. The summed E-state index contributed by atoms with van der Waals surface area (Å²) in [6.07, 6.45) is 7.45. The topological polar surface area (TPSA) is 43.8 Å². The molecule has 1 aromatic heterocycles. The maximum absolute atomic E-state index is 6.59. The van der Waals surface area contributed by atoms with Gasteiger partial charge in [0.15, 0.2) is 0 Å². The Morgan fingerprint density at radius 1 is 1.33 bits per heavy atom. The van der Waals surface area contributed by atoms with E-state index in [2.05, 4.69) is 11.5 Å². The molecule has 2 aromatic rings. The Bertz CT molecular complexity index is 614. The Labute approximate surface area is 131 Å². The molecule has 1 fully saturated rings. The van der Waals surface area contributed by atoms with E-state index in [0.717, 1.165) is 34.8 Å². The molecule has 2 N–H and O–H groups in total. The van der Waals surface area contributed by atoms with Crippen LogP contribution in [0.1, 0.15) is 57.3 Å². The van der Waals surface area contributed by atoms with Crippen molar-refractivity contribution >= 4 is 22.6 Å². The number of halogens is 1. The summed E-state index contributed by atoms with van der Waals surface area (Å²) in [6.45, 7) is 3.11. The third-order valence-electron chi connectivity index (χ3n) is 4.65. The van der Waals surface area contributed by atoms with Gasteiger partial charge in [-0.15, -0.1) is 0 Å². The molecule has 114 valence electrons. The van der Waals surface area contributed by atoms with Gasteiger partial charge < -0.3 is 10.3 Å². The van der Waals surface area contributed by atoms with Crippen LogP contribution in [0.4, 0.5) is 0 Å². The summed E-state index contributed by atoms with van der Waals surface area (Å²) in [4.78, 5) is 4.82. The Balaban J connectivity index is 2.04. The predicted molar refractivity (Wildman–Crippen MR) is 88.5 cm³/mol. The fourth-order valence-corrected chi connectivity index (χ4v) is 3.84. The van der Waals surface area contributed by atoms with Crippen LogP contribution >= 0.6 is 11.6 Å². The average molecular weight is 306 g/mol. The van der Waals surface area contributed by atoms with Crippen LogP contribution in [0.2, 0.25) is 5.02 Å². The number of rotatable bonds is 4. The number of para-hydroxylation sites is 1. The van der Waals surface area contributed by atoms with Crippen molar-refractivity contribution in [3.8, 4) is 0 Å². The third kappa shape index (κ3) is 2.82. The molecule has 3 nitrogen and oxygen atoms in total. The molecule has 0 spiro atoms. The van der Waals surface area contributed by atoms with E-state index >= 15 is 0 Å². The molecule has 0 bridgehead atoms. The van der Waals surface area contributed by atoms with Gasteiger partial charge in [-0.2, -0.15) is 0 Å². The minimum atomic E-state index is 0.0281. The molecule has 0 aliphatic heterocycles. The number of aryl methyl sites for hydroxylation is 1. The van der Waals surface area contributed by atoms with Gasteiger partial charge in [-0.25, -0.2) is 4.98 Å². The zero-order valence-electron chi connectivity index (χ0n) is 12.7. The van der Waals surface area contributed by atoms with Crippen LogP contribution in [0.25, 0.3) is 11.0 Å². The number of nitrogens with zero attached hydrogens (tertiary/aromatic N) is 2. The van der Waals surface area contributed by atoms with Gasteiger partial charge in [0.2, 0.25) is 0 Å². The van der Waals surface area contributed by atoms with E-state index in [9.17, 15) is 0 Å². The number of nitrogens with two attached hydrogens (primary N) is 1. The third-order valence-corrected chi connectivity index (χ3v) is 4.96. The number of hydrogen-bond acceptors (Lipinski definition) is 2. The molecule has 1 aliphatic carbocycles. The SMILES string of the molecule is CCCn1c(C(N)C2CCCCC2)nc2cccc(Cl)c21. The standard InChI is InChI=1S/C17H24ClN3/c1-2-11-21-16-13(18)9-6-10-14(16)20-17(21)15(19)12-7-4-3-5-8-12/h6,9-10,12,15H,2-5,7-8,11,19H2,1H3. The molecule has 0 saturated heterocycles. The van der Waals surface area contributed by atoms with Gasteiger partial charge in [-0.1, -0.05) is 43.9 Å². The zero-order chi connectivity index (χ0) is 14.8. The van der Waals surface area contributed by atoms with E-state index in [-0.39, 0.29) is 6.04 Å². The van der Waals surface area contributed by atoms with E-state index in [1.54, 1.807) is 0 Å². The van der Waals surface area contributed by atoms with Crippen LogP contribution in [0.3, 0.4) is 0 Å². The second-order valence-electron chi connectivity index (χ2n) is 6.15.